The molecule has 1 N–H and O–H groups in total. The number of nitrogens with zero attached hydrogens (tertiary/aromatic N) is 1. The molecule has 0 aliphatic carbocycles. The largest absolute Gasteiger partial charge is 0.385 e. The molecule has 1 rings (SSSR count). The quantitative estimate of drug-likeness (QED) is 0.604. The Morgan fingerprint density at radius 3 is 2.47 bits per heavy atom. The summed E-state index contributed by atoms with van der Waals surface area (Å²) in [5.74, 6) is 0.657. The molecule has 0 unspecified atom stereocenters. The summed E-state index contributed by atoms with van der Waals surface area (Å²) in [6.45, 7) is 7.17. The second-order valence-corrected chi connectivity index (χ2v) is 4.32. The summed E-state index contributed by atoms with van der Waals surface area (Å²) in [7, 11) is 0. The molecule has 0 fully saturated rings. The summed E-state index contributed by atoms with van der Waals surface area (Å²) in [4.78, 5) is 10.2. The summed E-state index contributed by atoms with van der Waals surface area (Å²) in [6.07, 6.45) is 2.30. The molecular formula is C13H20N2O2. The number of rotatable bonds is 6. The average Bonchev–Trinajstić information content (AvgIpc) is 2.31. The topological polar surface area (TPSA) is 55.2 Å². The van der Waals surface area contributed by atoms with Crippen LogP contribution in [0.15, 0.2) is 18.2 Å². The van der Waals surface area contributed by atoms with Crippen LogP contribution in [-0.4, -0.2) is 11.5 Å². The SMILES string of the molecule is CCC(CC)CNc1ccc([N+](=O)[O-])cc1C. The van der Waals surface area contributed by atoms with Crippen LogP contribution in [0.4, 0.5) is 11.4 Å². The van der Waals surface area contributed by atoms with Crippen LogP contribution in [0.2, 0.25) is 0 Å². The van der Waals surface area contributed by atoms with E-state index < -0.39 is 0 Å². The predicted octanol–water partition coefficient (Wildman–Crippen LogP) is 3.75. The van der Waals surface area contributed by atoms with Gasteiger partial charge in [-0.05, 0) is 24.5 Å². The number of hydrogen-bond donors (Lipinski definition) is 1. The van der Waals surface area contributed by atoms with E-state index in [0.29, 0.717) is 5.92 Å². The molecule has 0 aliphatic heterocycles. The zero-order valence-electron chi connectivity index (χ0n) is 10.7. The van der Waals surface area contributed by atoms with Gasteiger partial charge in [0.25, 0.3) is 5.69 Å². The Balaban J connectivity index is 2.69. The number of nitro groups is 1. The van der Waals surface area contributed by atoms with Gasteiger partial charge in [-0.2, -0.15) is 0 Å². The Hall–Kier alpha value is -1.58. The molecule has 0 amide bonds. The number of anilines is 1. The zero-order chi connectivity index (χ0) is 12.8. The van der Waals surface area contributed by atoms with Gasteiger partial charge >= 0.3 is 0 Å². The Labute approximate surface area is 102 Å². The third-order valence-corrected chi connectivity index (χ3v) is 3.16. The van der Waals surface area contributed by atoms with Crippen molar-refractivity contribution in [2.24, 2.45) is 5.92 Å². The molecule has 94 valence electrons. The Kier molecular flexibility index (Phi) is 4.94. The van der Waals surface area contributed by atoms with Crippen molar-refractivity contribution in [2.75, 3.05) is 11.9 Å². The standard InChI is InChI=1S/C13H20N2O2/c1-4-11(5-2)9-14-13-7-6-12(15(16)17)8-10(13)3/h6-8,11,14H,4-5,9H2,1-3H3. The lowest BCUT2D eigenvalue weighted by Gasteiger charge is -2.15. The van der Waals surface area contributed by atoms with E-state index in [0.717, 1.165) is 30.6 Å². The van der Waals surface area contributed by atoms with Crippen molar-refractivity contribution in [3.05, 3.63) is 33.9 Å². The first kappa shape index (κ1) is 13.5. The number of nitro benzene ring substituents is 1. The molecule has 0 atom stereocenters. The van der Waals surface area contributed by atoms with E-state index in [1.54, 1.807) is 18.2 Å². The van der Waals surface area contributed by atoms with Gasteiger partial charge in [-0.15, -0.1) is 0 Å². The molecule has 0 saturated carbocycles. The molecule has 0 aromatic heterocycles. The lowest BCUT2D eigenvalue weighted by atomic mass is 10.0. The van der Waals surface area contributed by atoms with E-state index in [1.165, 1.54) is 0 Å². The van der Waals surface area contributed by atoms with Crippen molar-refractivity contribution in [3.8, 4) is 0 Å². The summed E-state index contributed by atoms with van der Waals surface area (Å²) in [6, 6.07) is 4.94. The summed E-state index contributed by atoms with van der Waals surface area (Å²) < 4.78 is 0. The van der Waals surface area contributed by atoms with Crippen LogP contribution >= 0.6 is 0 Å². The van der Waals surface area contributed by atoms with E-state index in [1.807, 2.05) is 6.92 Å². The van der Waals surface area contributed by atoms with Crippen molar-refractivity contribution in [3.63, 3.8) is 0 Å². The summed E-state index contributed by atoms with van der Waals surface area (Å²) in [5, 5.41) is 14.0. The molecular weight excluding hydrogens is 216 g/mol. The van der Waals surface area contributed by atoms with Gasteiger partial charge in [0.2, 0.25) is 0 Å². The normalized spacial score (nSPS) is 10.6. The summed E-state index contributed by atoms with van der Waals surface area (Å²) >= 11 is 0. The van der Waals surface area contributed by atoms with Crippen LogP contribution in [0, 0.1) is 23.0 Å². The summed E-state index contributed by atoms with van der Waals surface area (Å²) in [5.41, 5.74) is 2.06. The van der Waals surface area contributed by atoms with Crippen molar-refractivity contribution in [1.82, 2.24) is 0 Å². The Bertz CT molecular complexity index is 387. The highest BCUT2D eigenvalue weighted by atomic mass is 16.6. The molecule has 0 radical (unpaired) electrons. The van der Waals surface area contributed by atoms with Crippen LogP contribution in [0.3, 0.4) is 0 Å². The monoisotopic (exact) mass is 236 g/mol. The average molecular weight is 236 g/mol. The van der Waals surface area contributed by atoms with Gasteiger partial charge in [0.1, 0.15) is 0 Å². The van der Waals surface area contributed by atoms with Gasteiger partial charge in [0.15, 0.2) is 0 Å². The van der Waals surface area contributed by atoms with Gasteiger partial charge in [0, 0.05) is 24.4 Å². The van der Waals surface area contributed by atoms with Crippen LogP contribution in [0.5, 0.6) is 0 Å². The molecule has 1 aromatic carbocycles. The maximum absolute atomic E-state index is 10.6. The van der Waals surface area contributed by atoms with Crippen LogP contribution in [-0.2, 0) is 0 Å². The van der Waals surface area contributed by atoms with Crippen LogP contribution in [0.25, 0.3) is 0 Å². The van der Waals surface area contributed by atoms with Gasteiger partial charge in [-0.1, -0.05) is 26.7 Å². The smallest absolute Gasteiger partial charge is 0.269 e. The minimum Gasteiger partial charge on any atom is -0.385 e. The first-order chi connectivity index (χ1) is 8.08. The molecule has 17 heavy (non-hydrogen) atoms. The zero-order valence-corrected chi connectivity index (χ0v) is 10.7. The predicted molar refractivity (Wildman–Crippen MR) is 70.4 cm³/mol. The van der Waals surface area contributed by atoms with E-state index in [4.69, 9.17) is 0 Å². The fourth-order valence-corrected chi connectivity index (χ4v) is 1.79. The van der Waals surface area contributed by atoms with Gasteiger partial charge in [-0.3, -0.25) is 10.1 Å². The van der Waals surface area contributed by atoms with Crippen molar-refractivity contribution >= 4 is 11.4 Å². The lowest BCUT2D eigenvalue weighted by molar-refractivity contribution is -0.384. The van der Waals surface area contributed by atoms with Crippen molar-refractivity contribution in [2.45, 2.75) is 33.6 Å². The minimum absolute atomic E-state index is 0.149. The van der Waals surface area contributed by atoms with E-state index in [-0.39, 0.29) is 10.6 Å². The highest BCUT2D eigenvalue weighted by Crippen LogP contribution is 2.21. The maximum atomic E-state index is 10.6. The third-order valence-electron chi connectivity index (χ3n) is 3.16. The number of benzene rings is 1. The number of hydrogen-bond acceptors (Lipinski definition) is 3. The lowest BCUT2D eigenvalue weighted by Crippen LogP contribution is -2.13. The molecule has 0 aliphatic rings. The van der Waals surface area contributed by atoms with Crippen molar-refractivity contribution in [1.29, 1.82) is 0 Å². The fourth-order valence-electron chi connectivity index (χ4n) is 1.79. The Morgan fingerprint density at radius 2 is 2.00 bits per heavy atom. The van der Waals surface area contributed by atoms with Gasteiger partial charge in [0.05, 0.1) is 4.92 Å². The Morgan fingerprint density at radius 1 is 1.35 bits per heavy atom. The first-order valence-corrected chi connectivity index (χ1v) is 6.07. The van der Waals surface area contributed by atoms with Crippen molar-refractivity contribution < 1.29 is 4.92 Å². The van der Waals surface area contributed by atoms with Crippen LogP contribution in [0.1, 0.15) is 32.3 Å². The molecule has 0 heterocycles. The van der Waals surface area contributed by atoms with E-state index in [9.17, 15) is 10.1 Å². The second kappa shape index (κ2) is 6.23. The molecule has 0 saturated heterocycles. The first-order valence-electron chi connectivity index (χ1n) is 6.07. The van der Waals surface area contributed by atoms with Crippen LogP contribution < -0.4 is 5.32 Å². The maximum Gasteiger partial charge on any atom is 0.269 e. The second-order valence-electron chi connectivity index (χ2n) is 4.32. The highest BCUT2D eigenvalue weighted by molar-refractivity contribution is 5.55. The molecule has 1 aromatic rings. The molecule has 0 spiro atoms. The highest BCUT2D eigenvalue weighted by Gasteiger charge is 2.09. The number of nitrogens with one attached hydrogen (secondary N) is 1. The molecule has 0 bridgehead atoms. The van der Waals surface area contributed by atoms with Gasteiger partial charge < -0.3 is 5.32 Å². The molecule has 4 heteroatoms. The fraction of sp³-hybridized carbons (Fsp3) is 0.538. The van der Waals surface area contributed by atoms with E-state index in [2.05, 4.69) is 19.2 Å². The molecule has 4 nitrogen and oxygen atoms in total. The van der Waals surface area contributed by atoms with E-state index >= 15 is 0 Å². The number of non-ortho nitro benzene ring substituents is 1. The number of aryl methyl sites for hydroxylation is 1. The minimum atomic E-state index is -0.363. The third kappa shape index (κ3) is 3.73. The van der Waals surface area contributed by atoms with Gasteiger partial charge in [-0.25, -0.2) is 0 Å².